The number of carbonyl (C=O) groups is 1. The van der Waals surface area contributed by atoms with Gasteiger partial charge in [-0.05, 0) is 67.3 Å². The van der Waals surface area contributed by atoms with Crippen LogP contribution in [0.15, 0.2) is 41.4 Å². The molecule has 2 heterocycles. The number of aromatic hydroxyl groups is 1. The second-order valence-corrected chi connectivity index (χ2v) is 9.45. The van der Waals surface area contributed by atoms with Gasteiger partial charge in [0.2, 0.25) is 5.91 Å². The fourth-order valence-electron chi connectivity index (χ4n) is 5.75. The number of hydrogen-bond donors (Lipinski definition) is 2. The third-order valence-corrected chi connectivity index (χ3v) is 7.51. The first-order valence-corrected chi connectivity index (χ1v) is 12.3. The molecule has 5 rings (SSSR count). The molecule has 2 aromatic carbocycles. The Morgan fingerprint density at radius 1 is 1.12 bits per heavy atom. The third-order valence-electron chi connectivity index (χ3n) is 7.51. The van der Waals surface area contributed by atoms with Gasteiger partial charge in [0, 0.05) is 56.8 Å². The van der Waals surface area contributed by atoms with Crippen molar-refractivity contribution in [3.05, 3.63) is 58.7 Å². The quantitative estimate of drug-likeness (QED) is 0.312. The van der Waals surface area contributed by atoms with Crippen LogP contribution < -0.4 is 10.2 Å². The van der Waals surface area contributed by atoms with Gasteiger partial charge in [-0.3, -0.25) is 9.79 Å². The maximum atomic E-state index is 12.1. The molecule has 0 saturated carbocycles. The molecule has 1 atom stereocenters. The number of likely N-dealkylation sites (tertiary alicyclic amines) is 1. The number of benzene rings is 2. The Balaban J connectivity index is 0.00000274. The number of guanidine groups is 1. The molecule has 1 fully saturated rings. The predicted octanol–water partition coefficient (Wildman–Crippen LogP) is 4.58. The van der Waals surface area contributed by atoms with Crippen molar-refractivity contribution in [1.29, 1.82) is 0 Å². The highest BCUT2D eigenvalue weighted by Crippen LogP contribution is 2.38. The van der Waals surface area contributed by atoms with Gasteiger partial charge in [-0.15, -0.1) is 24.0 Å². The second-order valence-electron chi connectivity index (χ2n) is 9.45. The molecule has 2 aliphatic heterocycles. The number of anilines is 1. The van der Waals surface area contributed by atoms with Gasteiger partial charge < -0.3 is 20.2 Å². The van der Waals surface area contributed by atoms with E-state index >= 15 is 0 Å². The number of carbonyl (C=O) groups excluding carboxylic acids is 1. The van der Waals surface area contributed by atoms with Crippen LogP contribution >= 0.6 is 24.0 Å². The van der Waals surface area contributed by atoms with Crippen LogP contribution in [0.2, 0.25) is 0 Å². The minimum Gasteiger partial charge on any atom is -0.508 e. The molecule has 2 N–H and O–H groups in total. The summed E-state index contributed by atoms with van der Waals surface area (Å²) in [5.74, 6) is 1.86. The smallest absolute Gasteiger partial charge is 0.222 e. The molecule has 1 saturated heterocycles. The van der Waals surface area contributed by atoms with Gasteiger partial charge in [0.05, 0.1) is 0 Å². The molecular formula is C27H35IN4O2. The zero-order chi connectivity index (χ0) is 22.8. The molecule has 6 nitrogen and oxygen atoms in total. The van der Waals surface area contributed by atoms with E-state index in [1.807, 2.05) is 18.0 Å². The maximum absolute atomic E-state index is 12.1. The van der Waals surface area contributed by atoms with Crippen LogP contribution in [0.1, 0.15) is 60.3 Å². The molecule has 0 radical (unpaired) electrons. The SMILES string of the molecule is CN=C(NCc1c(O)ccc2c1CCCC2)N1CC(CCN2CCCC2=O)c2ccccc21.I. The first-order valence-electron chi connectivity index (χ1n) is 12.3. The van der Waals surface area contributed by atoms with Crippen molar-refractivity contribution in [2.24, 2.45) is 4.99 Å². The lowest BCUT2D eigenvalue weighted by molar-refractivity contribution is -0.127. The number of para-hydroxylation sites is 1. The van der Waals surface area contributed by atoms with Crippen LogP contribution in [-0.2, 0) is 24.2 Å². The maximum Gasteiger partial charge on any atom is 0.222 e. The van der Waals surface area contributed by atoms with Crippen molar-refractivity contribution in [3.63, 3.8) is 0 Å². The number of aliphatic imine (C=N–C) groups is 1. The highest BCUT2D eigenvalue weighted by molar-refractivity contribution is 14.0. The van der Waals surface area contributed by atoms with Crippen LogP contribution in [-0.4, -0.2) is 48.6 Å². The Kier molecular flexibility index (Phi) is 8.01. The molecule has 7 heteroatoms. The molecule has 182 valence electrons. The lowest BCUT2D eigenvalue weighted by Gasteiger charge is -2.25. The van der Waals surface area contributed by atoms with E-state index in [1.54, 1.807) is 0 Å². The number of phenolic OH excluding ortho intramolecular Hbond substituents is 1. The summed E-state index contributed by atoms with van der Waals surface area (Å²) in [5.41, 5.74) is 6.19. The lowest BCUT2D eigenvalue weighted by atomic mass is 9.88. The van der Waals surface area contributed by atoms with Crippen LogP contribution in [0.25, 0.3) is 0 Å². The molecule has 3 aliphatic rings. The summed E-state index contributed by atoms with van der Waals surface area (Å²) in [6, 6.07) is 12.5. The van der Waals surface area contributed by atoms with Crippen molar-refractivity contribution in [2.75, 3.05) is 31.6 Å². The average molecular weight is 575 g/mol. The molecule has 0 aromatic heterocycles. The molecule has 1 aliphatic carbocycles. The van der Waals surface area contributed by atoms with Crippen LogP contribution in [0.5, 0.6) is 5.75 Å². The number of aryl methyl sites for hydroxylation is 1. The molecule has 2 aromatic rings. The Labute approximate surface area is 219 Å². The van der Waals surface area contributed by atoms with Crippen molar-refractivity contribution in [2.45, 2.75) is 57.4 Å². The fourth-order valence-corrected chi connectivity index (χ4v) is 5.75. The summed E-state index contributed by atoms with van der Waals surface area (Å²) in [4.78, 5) is 20.9. The number of amides is 1. The molecule has 0 spiro atoms. The Bertz CT molecular complexity index is 1070. The van der Waals surface area contributed by atoms with Crippen LogP contribution in [0, 0.1) is 0 Å². The fraction of sp³-hybridized carbons (Fsp3) is 0.481. The van der Waals surface area contributed by atoms with E-state index in [2.05, 4.69) is 45.5 Å². The number of nitrogens with zero attached hydrogens (tertiary/aromatic N) is 3. The second kappa shape index (κ2) is 11.0. The first kappa shape index (κ1) is 24.8. The predicted molar refractivity (Wildman–Crippen MR) is 147 cm³/mol. The first-order chi connectivity index (χ1) is 16.2. The Hall–Kier alpha value is -2.29. The van der Waals surface area contributed by atoms with Crippen molar-refractivity contribution in [1.82, 2.24) is 10.2 Å². The topological polar surface area (TPSA) is 68.2 Å². The molecule has 0 bridgehead atoms. The van der Waals surface area contributed by atoms with E-state index in [1.165, 1.54) is 35.2 Å². The van der Waals surface area contributed by atoms with Gasteiger partial charge in [0.15, 0.2) is 5.96 Å². The minimum absolute atomic E-state index is 0. The summed E-state index contributed by atoms with van der Waals surface area (Å²) in [5, 5.41) is 14.1. The summed E-state index contributed by atoms with van der Waals surface area (Å²) in [6.45, 7) is 3.12. The lowest BCUT2D eigenvalue weighted by Crippen LogP contribution is -2.41. The van der Waals surface area contributed by atoms with Crippen molar-refractivity contribution < 1.29 is 9.90 Å². The number of nitrogens with one attached hydrogen (secondary N) is 1. The number of hydrogen-bond acceptors (Lipinski definition) is 3. The van der Waals surface area contributed by atoms with Gasteiger partial charge in [-0.25, -0.2) is 0 Å². The summed E-state index contributed by atoms with van der Waals surface area (Å²) >= 11 is 0. The largest absolute Gasteiger partial charge is 0.508 e. The zero-order valence-electron chi connectivity index (χ0n) is 19.9. The van der Waals surface area contributed by atoms with Gasteiger partial charge in [0.25, 0.3) is 0 Å². The van der Waals surface area contributed by atoms with E-state index < -0.39 is 0 Å². The molecule has 34 heavy (non-hydrogen) atoms. The third kappa shape index (κ3) is 4.90. The van der Waals surface area contributed by atoms with Gasteiger partial charge >= 0.3 is 0 Å². The molecule has 1 unspecified atom stereocenters. The number of fused-ring (bicyclic) bond motifs is 2. The Morgan fingerprint density at radius 3 is 2.74 bits per heavy atom. The number of rotatable bonds is 5. The van der Waals surface area contributed by atoms with Crippen LogP contribution in [0.3, 0.4) is 0 Å². The zero-order valence-corrected chi connectivity index (χ0v) is 22.3. The summed E-state index contributed by atoms with van der Waals surface area (Å²) < 4.78 is 0. The van der Waals surface area contributed by atoms with E-state index in [4.69, 9.17) is 0 Å². The van der Waals surface area contributed by atoms with Crippen LogP contribution in [0.4, 0.5) is 5.69 Å². The van der Waals surface area contributed by atoms with Gasteiger partial charge in [-0.1, -0.05) is 24.3 Å². The van der Waals surface area contributed by atoms with E-state index in [-0.39, 0.29) is 24.0 Å². The van der Waals surface area contributed by atoms with Crippen molar-refractivity contribution in [3.8, 4) is 5.75 Å². The van der Waals surface area contributed by atoms with Gasteiger partial charge in [-0.2, -0.15) is 0 Å². The summed E-state index contributed by atoms with van der Waals surface area (Å²) in [6.07, 6.45) is 7.17. The van der Waals surface area contributed by atoms with Crippen molar-refractivity contribution >= 4 is 41.5 Å². The standard InChI is InChI=1S/C27H34N4O2.HI/c1-28-27(29-17-23-21-8-3-2-7-19(21)12-13-25(23)32)31-18-20(22-9-4-5-10-24(22)31)14-16-30-15-6-11-26(30)33;/h4-5,9-10,12-13,20,32H,2-3,6-8,11,14-18H2,1H3,(H,28,29);1H. The minimum atomic E-state index is 0. The molecule has 1 amide bonds. The molecular weight excluding hydrogens is 539 g/mol. The Morgan fingerprint density at radius 2 is 1.94 bits per heavy atom. The highest BCUT2D eigenvalue weighted by atomic mass is 127. The van der Waals surface area contributed by atoms with E-state index in [9.17, 15) is 9.90 Å². The monoisotopic (exact) mass is 574 g/mol. The normalized spacial score (nSPS) is 19.6. The number of halogens is 1. The van der Waals surface area contributed by atoms with E-state index in [0.29, 0.717) is 30.5 Å². The highest BCUT2D eigenvalue weighted by Gasteiger charge is 2.32. The van der Waals surface area contributed by atoms with E-state index in [0.717, 1.165) is 56.8 Å². The number of phenols is 1. The average Bonchev–Trinajstić information content (AvgIpc) is 3.42. The van der Waals surface area contributed by atoms with Gasteiger partial charge in [0.1, 0.15) is 5.75 Å². The summed E-state index contributed by atoms with van der Waals surface area (Å²) in [7, 11) is 1.82.